The highest BCUT2D eigenvalue weighted by molar-refractivity contribution is 5.61. The van der Waals surface area contributed by atoms with Crippen LogP contribution in [0, 0.1) is 0 Å². The summed E-state index contributed by atoms with van der Waals surface area (Å²) in [4.78, 5) is 0. The number of ether oxygens (including phenoxy) is 1. The Balaban J connectivity index is 2.11. The molecule has 0 amide bonds. The summed E-state index contributed by atoms with van der Waals surface area (Å²) in [7, 11) is 0. The molecule has 0 unspecified atom stereocenters. The molecule has 0 radical (unpaired) electrons. The van der Waals surface area contributed by atoms with Gasteiger partial charge in [0.15, 0.2) is 0 Å². The van der Waals surface area contributed by atoms with E-state index in [1.54, 1.807) is 12.5 Å². The van der Waals surface area contributed by atoms with E-state index >= 15 is 0 Å². The Labute approximate surface area is 88.7 Å². The summed E-state index contributed by atoms with van der Waals surface area (Å²) >= 11 is 0. The van der Waals surface area contributed by atoms with Crippen molar-refractivity contribution in [3.05, 3.63) is 36.7 Å². The van der Waals surface area contributed by atoms with Crippen LogP contribution >= 0.6 is 0 Å². The first-order valence-electron chi connectivity index (χ1n) is 5.03. The molecule has 0 aliphatic rings. The van der Waals surface area contributed by atoms with Crippen LogP contribution in [0.1, 0.15) is 13.3 Å². The van der Waals surface area contributed by atoms with Crippen molar-refractivity contribution in [2.75, 3.05) is 6.61 Å². The minimum absolute atomic E-state index is 0.757. The molecule has 1 aromatic carbocycles. The average molecular weight is 203 g/mol. The fourth-order valence-corrected chi connectivity index (χ4v) is 1.31. The highest BCUT2D eigenvalue weighted by atomic mass is 16.5. The van der Waals surface area contributed by atoms with Crippen molar-refractivity contribution < 1.29 is 9.26 Å². The minimum Gasteiger partial charge on any atom is -0.494 e. The van der Waals surface area contributed by atoms with Crippen LogP contribution in [0.15, 0.2) is 41.2 Å². The molecule has 3 heteroatoms. The van der Waals surface area contributed by atoms with Crippen molar-refractivity contribution in [2.45, 2.75) is 13.3 Å². The molecule has 0 fully saturated rings. The van der Waals surface area contributed by atoms with Crippen LogP contribution in [0.3, 0.4) is 0 Å². The Morgan fingerprint density at radius 1 is 1.20 bits per heavy atom. The summed E-state index contributed by atoms with van der Waals surface area (Å²) in [5, 5.41) is 3.66. The highest BCUT2D eigenvalue weighted by Gasteiger charge is 2.00. The van der Waals surface area contributed by atoms with Crippen LogP contribution in [0.25, 0.3) is 11.1 Å². The predicted molar refractivity (Wildman–Crippen MR) is 57.7 cm³/mol. The second kappa shape index (κ2) is 4.64. The molecular formula is C12H13NO2. The fraction of sp³-hybridized carbons (Fsp3) is 0.250. The van der Waals surface area contributed by atoms with Crippen molar-refractivity contribution in [2.24, 2.45) is 0 Å². The van der Waals surface area contributed by atoms with Gasteiger partial charge in [-0.05, 0) is 24.1 Å². The zero-order valence-electron chi connectivity index (χ0n) is 8.64. The molecule has 1 heterocycles. The van der Waals surface area contributed by atoms with Crippen molar-refractivity contribution in [3.63, 3.8) is 0 Å². The molecular weight excluding hydrogens is 190 g/mol. The second-order valence-electron chi connectivity index (χ2n) is 3.29. The number of aromatic nitrogens is 1. The summed E-state index contributed by atoms with van der Waals surface area (Å²) < 4.78 is 10.3. The van der Waals surface area contributed by atoms with E-state index in [0.29, 0.717) is 0 Å². The van der Waals surface area contributed by atoms with Gasteiger partial charge in [0.2, 0.25) is 0 Å². The molecule has 3 nitrogen and oxygen atoms in total. The van der Waals surface area contributed by atoms with Crippen molar-refractivity contribution in [3.8, 4) is 16.9 Å². The van der Waals surface area contributed by atoms with E-state index in [4.69, 9.17) is 9.26 Å². The Bertz CT molecular complexity index is 392. The summed E-state index contributed by atoms with van der Waals surface area (Å²) in [6, 6.07) is 7.91. The first-order valence-corrected chi connectivity index (χ1v) is 5.03. The van der Waals surface area contributed by atoms with Gasteiger partial charge in [0.05, 0.1) is 12.8 Å². The third kappa shape index (κ3) is 2.37. The molecule has 0 aliphatic heterocycles. The summed E-state index contributed by atoms with van der Waals surface area (Å²) in [5.41, 5.74) is 2.07. The molecule has 0 saturated carbocycles. The van der Waals surface area contributed by atoms with Gasteiger partial charge >= 0.3 is 0 Å². The fourth-order valence-electron chi connectivity index (χ4n) is 1.31. The van der Waals surface area contributed by atoms with Gasteiger partial charge in [0.1, 0.15) is 12.0 Å². The van der Waals surface area contributed by atoms with Crippen LogP contribution in [0.4, 0.5) is 0 Å². The maximum absolute atomic E-state index is 5.49. The van der Waals surface area contributed by atoms with Crippen molar-refractivity contribution in [1.82, 2.24) is 5.16 Å². The maximum atomic E-state index is 5.49. The molecule has 0 spiro atoms. The minimum atomic E-state index is 0.757. The van der Waals surface area contributed by atoms with Gasteiger partial charge in [-0.1, -0.05) is 24.2 Å². The molecule has 0 saturated heterocycles. The largest absolute Gasteiger partial charge is 0.494 e. The number of hydrogen-bond acceptors (Lipinski definition) is 3. The topological polar surface area (TPSA) is 35.3 Å². The molecule has 78 valence electrons. The smallest absolute Gasteiger partial charge is 0.131 e. The highest BCUT2D eigenvalue weighted by Crippen LogP contribution is 2.21. The average Bonchev–Trinajstić information content (AvgIpc) is 2.80. The zero-order chi connectivity index (χ0) is 10.5. The van der Waals surface area contributed by atoms with Crippen LogP contribution in [-0.2, 0) is 0 Å². The monoisotopic (exact) mass is 203 g/mol. The Morgan fingerprint density at radius 2 is 2.00 bits per heavy atom. The van der Waals surface area contributed by atoms with E-state index in [9.17, 15) is 0 Å². The third-order valence-corrected chi connectivity index (χ3v) is 2.09. The molecule has 1 aromatic heterocycles. The van der Waals surface area contributed by atoms with Gasteiger partial charge in [0.25, 0.3) is 0 Å². The van der Waals surface area contributed by atoms with Crippen molar-refractivity contribution >= 4 is 0 Å². The lowest BCUT2D eigenvalue weighted by Gasteiger charge is -2.04. The van der Waals surface area contributed by atoms with Gasteiger partial charge in [-0.3, -0.25) is 0 Å². The van der Waals surface area contributed by atoms with E-state index in [1.165, 1.54) is 0 Å². The van der Waals surface area contributed by atoms with E-state index in [2.05, 4.69) is 12.1 Å². The van der Waals surface area contributed by atoms with E-state index < -0.39 is 0 Å². The quantitative estimate of drug-likeness (QED) is 0.765. The summed E-state index contributed by atoms with van der Waals surface area (Å²) in [6.45, 7) is 2.85. The Hall–Kier alpha value is -1.77. The van der Waals surface area contributed by atoms with Crippen LogP contribution in [0.2, 0.25) is 0 Å². The molecule has 15 heavy (non-hydrogen) atoms. The molecule has 0 aliphatic carbocycles. The van der Waals surface area contributed by atoms with Crippen LogP contribution in [0.5, 0.6) is 5.75 Å². The van der Waals surface area contributed by atoms with E-state index in [1.807, 2.05) is 24.3 Å². The third-order valence-electron chi connectivity index (χ3n) is 2.09. The number of benzene rings is 1. The summed E-state index contributed by atoms with van der Waals surface area (Å²) in [6.07, 6.45) is 4.34. The van der Waals surface area contributed by atoms with Gasteiger partial charge in [-0.15, -0.1) is 0 Å². The lowest BCUT2D eigenvalue weighted by atomic mass is 10.1. The normalized spacial score (nSPS) is 10.2. The van der Waals surface area contributed by atoms with Crippen molar-refractivity contribution in [1.29, 1.82) is 0 Å². The number of nitrogens with zero attached hydrogens (tertiary/aromatic N) is 1. The first kappa shape index (κ1) is 9.77. The molecule has 0 atom stereocenters. The SMILES string of the molecule is CCCOc1ccc(-c2cnoc2)cc1. The zero-order valence-corrected chi connectivity index (χ0v) is 8.64. The van der Waals surface area contributed by atoms with Gasteiger partial charge in [-0.2, -0.15) is 0 Å². The molecule has 2 aromatic rings. The maximum Gasteiger partial charge on any atom is 0.131 e. The van der Waals surface area contributed by atoms with E-state index in [-0.39, 0.29) is 0 Å². The van der Waals surface area contributed by atoms with Crippen LogP contribution < -0.4 is 4.74 Å². The second-order valence-corrected chi connectivity index (χ2v) is 3.29. The van der Waals surface area contributed by atoms with Gasteiger partial charge in [-0.25, -0.2) is 0 Å². The van der Waals surface area contributed by atoms with Crippen LogP contribution in [-0.4, -0.2) is 11.8 Å². The molecule has 0 bridgehead atoms. The summed E-state index contributed by atoms with van der Waals surface area (Å²) in [5.74, 6) is 0.900. The lowest BCUT2D eigenvalue weighted by Crippen LogP contribution is -1.94. The van der Waals surface area contributed by atoms with Gasteiger partial charge in [0, 0.05) is 5.56 Å². The van der Waals surface area contributed by atoms with Gasteiger partial charge < -0.3 is 9.26 Å². The number of hydrogen-bond donors (Lipinski definition) is 0. The lowest BCUT2D eigenvalue weighted by molar-refractivity contribution is 0.317. The Morgan fingerprint density at radius 3 is 2.60 bits per heavy atom. The Kier molecular flexibility index (Phi) is 3.02. The first-order chi connectivity index (χ1) is 7.40. The predicted octanol–water partition coefficient (Wildman–Crippen LogP) is 3.13. The molecule has 2 rings (SSSR count). The molecule has 0 N–H and O–H groups in total. The van der Waals surface area contributed by atoms with E-state index in [0.717, 1.165) is 29.9 Å². The standard InChI is InChI=1S/C12H13NO2/c1-2-7-14-12-5-3-10(4-6-12)11-8-13-15-9-11/h3-6,8-9H,2,7H2,1H3. The number of rotatable bonds is 4.